The van der Waals surface area contributed by atoms with E-state index in [1.54, 1.807) is 0 Å². The van der Waals surface area contributed by atoms with Gasteiger partial charge in [0.2, 0.25) is 0 Å². The number of aromatic nitrogens is 1. The van der Waals surface area contributed by atoms with Gasteiger partial charge >= 0.3 is 0 Å². The van der Waals surface area contributed by atoms with Crippen LogP contribution in [0.2, 0.25) is 0 Å². The molecule has 8 nitrogen and oxygen atoms in total. The van der Waals surface area contributed by atoms with Gasteiger partial charge in [0, 0.05) is 18.0 Å². The van der Waals surface area contributed by atoms with Crippen molar-refractivity contribution in [2.45, 2.75) is 5.37 Å². The van der Waals surface area contributed by atoms with Gasteiger partial charge in [-0.25, -0.2) is 17.8 Å². The molecule has 1 aliphatic rings. The molecule has 1 N–H and O–H groups in total. The monoisotopic (exact) mass is 379 g/mol. The van der Waals surface area contributed by atoms with Gasteiger partial charge in [-0.15, -0.1) is 0 Å². The summed E-state index contributed by atoms with van der Waals surface area (Å²) in [4.78, 5) is 28.2. The zero-order chi connectivity index (χ0) is 18.9. The van der Waals surface area contributed by atoms with E-state index in [4.69, 9.17) is 4.74 Å². The minimum atomic E-state index is -3.96. The number of nitrogens with zero attached hydrogens (tertiary/aromatic N) is 2. The lowest BCUT2D eigenvalue weighted by Crippen LogP contribution is -2.45. The van der Waals surface area contributed by atoms with E-state index in [2.05, 4.69) is 10.4 Å². The van der Waals surface area contributed by atoms with Gasteiger partial charge in [0.1, 0.15) is 5.75 Å². The quantitative estimate of drug-likeness (QED) is 0.844. The van der Waals surface area contributed by atoms with Crippen LogP contribution in [-0.2, 0) is 14.6 Å². The molecule has 2 heterocycles. The van der Waals surface area contributed by atoms with Crippen LogP contribution in [0.4, 0.5) is 4.39 Å². The molecule has 1 saturated heterocycles. The molecular formula is C16H14FN3O5S. The third-order valence-electron chi connectivity index (χ3n) is 3.79. The molecule has 136 valence electrons. The number of halogens is 1. The van der Waals surface area contributed by atoms with Crippen LogP contribution in [0, 0.1) is 5.82 Å². The lowest BCUT2D eigenvalue weighted by Gasteiger charge is -2.24. The van der Waals surface area contributed by atoms with E-state index in [1.165, 1.54) is 43.8 Å². The first-order chi connectivity index (χ1) is 12.3. The minimum absolute atomic E-state index is 0.00387. The van der Waals surface area contributed by atoms with Gasteiger partial charge < -0.3 is 4.74 Å². The number of benzene rings is 1. The first-order valence-corrected chi connectivity index (χ1v) is 9.13. The van der Waals surface area contributed by atoms with Crippen LogP contribution in [0.1, 0.15) is 21.3 Å². The number of carbonyl (C=O) groups excluding carboxylic acids is 2. The highest BCUT2D eigenvalue weighted by molar-refractivity contribution is 7.92. The van der Waals surface area contributed by atoms with Crippen LogP contribution in [0.3, 0.4) is 0 Å². The Kier molecular flexibility index (Phi) is 4.60. The van der Waals surface area contributed by atoms with Crippen molar-refractivity contribution in [1.82, 2.24) is 15.4 Å². The topological polar surface area (TPSA) is 106 Å². The molecule has 1 aliphatic heterocycles. The summed E-state index contributed by atoms with van der Waals surface area (Å²) in [6, 6.07) is 6.37. The highest BCUT2D eigenvalue weighted by Gasteiger charge is 2.46. The zero-order valence-corrected chi connectivity index (χ0v) is 14.4. The number of hydrogen-bond donors (Lipinski definition) is 1. The summed E-state index contributed by atoms with van der Waals surface area (Å²) < 4.78 is 43.6. The maximum atomic E-state index is 14.0. The highest BCUT2D eigenvalue weighted by Crippen LogP contribution is 2.34. The number of ether oxygens (including phenoxy) is 1. The van der Waals surface area contributed by atoms with Gasteiger partial charge in [0.15, 0.2) is 26.8 Å². The van der Waals surface area contributed by atoms with Crippen molar-refractivity contribution in [2.75, 3.05) is 12.9 Å². The third-order valence-corrected chi connectivity index (χ3v) is 5.61. The number of hydrogen-bond acceptors (Lipinski definition) is 6. The molecule has 0 radical (unpaired) electrons. The molecule has 0 bridgehead atoms. The second kappa shape index (κ2) is 6.71. The fraction of sp³-hybridized carbons (Fsp3) is 0.188. The standard InChI is InChI=1S/C16H14FN3O5S/c1-25-13-3-2-11(8-12(13)17)16-20(14(21)9-26(16,23)24)19-15(22)10-4-6-18-7-5-10/h2-8,16H,9H2,1H3,(H,19,22)/t16-/m0/s1. The molecule has 0 unspecified atom stereocenters. The number of amides is 2. The summed E-state index contributed by atoms with van der Waals surface area (Å²) >= 11 is 0. The fourth-order valence-corrected chi connectivity index (χ4v) is 4.30. The molecule has 26 heavy (non-hydrogen) atoms. The van der Waals surface area contributed by atoms with Crippen molar-refractivity contribution in [3.05, 3.63) is 59.7 Å². The molecule has 0 aliphatic carbocycles. The van der Waals surface area contributed by atoms with Gasteiger partial charge in [-0.1, -0.05) is 6.07 Å². The van der Waals surface area contributed by atoms with Crippen molar-refractivity contribution < 1.29 is 27.1 Å². The van der Waals surface area contributed by atoms with Crippen LogP contribution in [-0.4, -0.2) is 43.1 Å². The van der Waals surface area contributed by atoms with Crippen molar-refractivity contribution in [2.24, 2.45) is 0 Å². The SMILES string of the molecule is COc1ccc([C@H]2N(NC(=O)c3ccncc3)C(=O)CS2(=O)=O)cc1F. The Hall–Kier alpha value is -3.01. The normalized spacial score (nSPS) is 18.6. The molecule has 3 rings (SSSR count). The summed E-state index contributed by atoms with van der Waals surface area (Å²) in [6.07, 6.45) is 2.77. The van der Waals surface area contributed by atoms with Crippen molar-refractivity contribution in [3.63, 3.8) is 0 Å². The van der Waals surface area contributed by atoms with E-state index in [1.807, 2.05) is 0 Å². The predicted molar refractivity (Wildman–Crippen MR) is 88.0 cm³/mol. The third kappa shape index (κ3) is 3.23. The Labute approximate surface area is 148 Å². The molecule has 0 spiro atoms. The maximum absolute atomic E-state index is 14.0. The van der Waals surface area contributed by atoms with Crippen LogP contribution in [0.15, 0.2) is 42.7 Å². The number of hydrazine groups is 1. The number of nitrogens with one attached hydrogen (secondary N) is 1. The molecule has 1 aromatic carbocycles. The van der Waals surface area contributed by atoms with Gasteiger partial charge in [-0.3, -0.25) is 20.0 Å². The number of pyridine rings is 1. The van der Waals surface area contributed by atoms with Gasteiger partial charge in [0.05, 0.1) is 7.11 Å². The first kappa shape index (κ1) is 17.8. The number of methoxy groups -OCH3 is 1. The number of rotatable bonds is 4. The first-order valence-electron chi connectivity index (χ1n) is 7.41. The molecule has 2 amide bonds. The molecule has 1 fully saturated rings. The zero-order valence-electron chi connectivity index (χ0n) is 13.5. The second-order valence-corrected chi connectivity index (χ2v) is 7.56. The number of sulfone groups is 1. The Balaban J connectivity index is 1.96. The summed E-state index contributed by atoms with van der Waals surface area (Å²) in [5.74, 6) is -3.13. The average Bonchev–Trinajstić information content (AvgIpc) is 2.83. The Morgan fingerprint density at radius 2 is 2.00 bits per heavy atom. The fourth-order valence-electron chi connectivity index (χ4n) is 2.60. The highest BCUT2D eigenvalue weighted by atomic mass is 32.2. The van der Waals surface area contributed by atoms with Crippen LogP contribution in [0.5, 0.6) is 5.75 Å². The summed E-state index contributed by atoms with van der Waals surface area (Å²) in [5, 5.41) is -0.819. The van der Waals surface area contributed by atoms with E-state index in [0.717, 1.165) is 6.07 Å². The predicted octanol–water partition coefficient (Wildman–Crippen LogP) is 0.830. The molecule has 1 aromatic heterocycles. The van der Waals surface area contributed by atoms with Crippen molar-refractivity contribution in [3.8, 4) is 5.75 Å². The van der Waals surface area contributed by atoms with E-state index >= 15 is 0 Å². The van der Waals surface area contributed by atoms with Gasteiger partial charge in [0.25, 0.3) is 11.8 Å². The van der Waals surface area contributed by atoms with Gasteiger partial charge in [-0.2, -0.15) is 0 Å². The lowest BCUT2D eigenvalue weighted by molar-refractivity contribution is -0.130. The lowest BCUT2D eigenvalue weighted by atomic mass is 10.2. The van der Waals surface area contributed by atoms with Crippen LogP contribution >= 0.6 is 0 Å². The van der Waals surface area contributed by atoms with Crippen LogP contribution in [0.25, 0.3) is 0 Å². The smallest absolute Gasteiger partial charge is 0.270 e. The maximum Gasteiger partial charge on any atom is 0.270 e. The summed E-state index contributed by atoms with van der Waals surface area (Å²) in [5.41, 5.74) is 2.48. The van der Waals surface area contributed by atoms with Crippen molar-refractivity contribution >= 4 is 21.7 Å². The molecule has 2 aromatic rings. The largest absolute Gasteiger partial charge is 0.494 e. The Morgan fingerprint density at radius 3 is 2.62 bits per heavy atom. The Morgan fingerprint density at radius 1 is 1.31 bits per heavy atom. The van der Waals surface area contributed by atoms with Crippen molar-refractivity contribution in [1.29, 1.82) is 0 Å². The van der Waals surface area contributed by atoms with E-state index in [0.29, 0.717) is 5.01 Å². The summed E-state index contributed by atoms with van der Waals surface area (Å²) in [7, 11) is -2.69. The van der Waals surface area contributed by atoms with E-state index in [9.17, 15) is 22.4 Å². The van der Waals surface area contributed by atoms with E-state index in [-0.39, 0.29) is 16.9 Å². The van der Waals surface area contributed by atoms with Crippen LogP contribution < -0.4 is 10.2 Å². The second-order valence-electron chi connectivity index (χ2n) is 5.49. The molecule has 10 heteroatoms. The minimum Gasteiger partial charge on any atom is -0.494 e. The van der Waals surface area contributed by atoms with E-state index < -0.39 is 38.6 Å². The number of carbonyl (C=O) groups is 2. The average molecular weight is 379 g/mol. The summed E-state index contributed by atoms with van der Waals surface area (Å²) in [6.45, 7) is 0. The molecule has 1 atom stereocenters. The Bertz CT molecular complexity index is 965. The molecular weight excluding hydrogens is 365 g/mol. The molecule has 0 saturated carbocycles. The van der Waals surface area contributed by atoms with Gasteiger partial charge in [-0.05, 0) is 29.8 Å².